The molecular weight excluding hydrogens is 608 g/mol. The number of sulfonamides is 1. The summed E-state index contributed by atoms with van der Waals surface area (Å²) < 4.78 is 28.1. The average Bonchev–Trinajstić information content (AvgIpc) is 3.07. The number of amides is 1. The van der Waals surface area contributed by atoms with E-state index in [0.29, 0.717) is 37.4 Å². The fourth-order valence-electron chi connectivity index (χ4n) is 6.23. The molecule has 0 unspecified atom stereocenters. The predicted molar refractivity (Wildman–Crippen MR) is 173 cm³/mol. The number of likely N-dealkylation sites (tertiary alicyclic amines) is 1. The van der Waals surface area contributed by atoms with Gasteiger partial charge < -0.3 is 24.8 Å². The van der Waals surface area contributed by atoms with Crippen LogP contribution in [0.4, 0.5) is 10.5 Å². The molecule has 0 saturated carbocycles. The number of carboxylic acid groups (broad SMARTS) is 1. The normalized spacial score (nSPS) is 15.8. The van der Waals surface area contributed by atoms with Gasteiger partial charge in [-0.25, -0.2) is 8.42 Å². The van der Waals surface area contributed by atoms with Gasteiger partial charge in [0, 0.05) is 44.2 Å². The van der Waals surface area contributed by atoms with Crippen LogP contribution in [0.2, 0.25) is 0 Å². The van der Waals surface area contributed by atoms with E-state index in [1.54, 1.807) is 49.5 Å². The number of nitro groups is 1. The van der Waals surface area contributed by atoms with Crippen molar-refractivity contribution < 1.29 is 28.3 Å². The number of nitro benzene ring substituents is 1. The third kappa shape index (κ3) is 9.12. The smallest absolute Gasteiger partial charge is 0.269 e. The van der Waals surface area contributed by atoms with E-state index in [4.69, 9.17) is 0 Å². The van der Waals surface area contributed by atoms with Crippen LogP contribution in [-0.4, -0.2) is 85.0 Å². The van der Waals surface area contributed by atoms with Crippen LogP contribution in [-0.2, 0) is 22.0 Å². The van der Waals surface area contributed by atoms with Gasteiger partial charge in [0.25, 0.3) is 5.69 Å². The van der Waals surface area contributed by atoms with Gasteiger partial charge in [0.2, 0.25) is 10.0 Å². The molecule has 4 rings (SSSR count). The molecule has 1 amide bonds. The minimum atomic E-state index is -3.74. The van der Waals surface area contributed by atoms with Gasteiger partial charge in [0.1, 0.15) is 6.09 Å². The topological polar surface area (TPSA) is 147 Å². The van der Waals surface area contributed by atoms with Gasteiger partial charge >= 0.3 is 0 Å². The van der Waals surface area contributed by atoms with Crippen molar-refractivity contribution in [3.05, 3.63) is 106 Å². The van der Waals surface area contributed by atoms with E-state index in [1.807, 2.05) is 30.3 Å². The first kappa shape index (κ1) is 35.0. The van der Waals surface area contributed by atoms with Crippen molar-refractivity contribution in [1.29, 1.82) is 0 Å². The quantitative estimate of drug-likeness (QED) is 0.181. The number of piperidine rings is 1. The molecule has 0 bridgehead atoms. The molecular formula is C34H43N4O7S-. The van der Waals surface area contributed by atoms with E-state index in [2.05, 4.69) is 4.90 Å². The first-order valence-electron chi connectivity index (χ1n) is 15.6. The molecule has 1 saturated heterocycles. The lowest BCUT2D eigenvalue weighted by atomic mass is 9.77. The third-order valence-corrected chi connectivity index (χ3v) is 10.9. The van der Waals surface area contributed by atoms with Gasteiger partial charge in [0.15, 0.2) is 0 Å². The van der Waals surface area contributed by atoms with Crippen molar-refractivity contribution >= 4 is 21.8 Å². The van der Waals surface area contributed by atoms with E-state index in [1.165, 1.54) is 21.3 Å². The Balaban J connectivity index is 1.30. The molecule has 1 N–H and O–H groups in total. The highest BCUT2D eigenvalue weighted by Crippen LogP contribution is 2.32. The van der Waals surface area contributed by atoms with Gasteiger partial charge in [-0.2, -0.15) is 4.31 Å². The molecule has 3 aromatic rings. The monoisotopic (exact) mass is 651 g/mol. The first-order valence-corrected chi connectivity index (χ1v) is 17.1. The maximum atomic E-state index is 13.4. The van der Waals surface area contributed by atoms with Crippen LogP contribution in [0, 0.1) is 16.0 Å². The number of hydrogen-bond donors (Lipinski definition) is 1. The molecule has 46 heavy (non-hydrogen) atoms. The number of carbonyl (C=O) groups excluding carboxylic acids is 1. The predicted octanol–water partition coefficient (Wildman–Crippen LogP) is 3.87. The van der Waals surface area contributed by atoms with E-state index in [0.717, 1.165) is 37.9 Å². The fraction of sp³-hybridized carbons (Fsp3) is 0.441. The number of benzene rings is 3. The highest BCUT2D eigenvalue weighted by atomic mass is 32.2. The van der Waals surface area contributed by atoms with Crippen molar-refractivity contribution in [1.82, 2.24) is 14.1 Å². The maximum Gasteiger partial charge on any atom is 0.269 e. The molecule has 1 aliphatic rings. The minimum absolute atomic E-state index is 0.0412. The molecule has 0 radical (unpaired) electrons. The maximum absolute atomic E-state index is 13.4. The van der Waals surface area contributed by atoms with Crippen LogP contribution < -0.4 is 5.11 Å². The summed E-state index contributed by atoms with van der Waals surface area (Å²) in [7, 11) is -2.18. The molecule has 11 nitrogen and oxygen atoms in total. The number of non-ortho nitro benzene ring substituents is 1. The summed E-state index contributed by atoms with van der Waals surface area (Å²) in [5.74, 6) is 0.457. The molecule has 3 aromatic carbocycles. The number of aliphatic hydroxyl groups excluding tert-OH is 1. The molecule has 1 fully saturated rings. The van der Waals surface area contributed by atoms with Crippen LogP contribution in [0.3, 0.4) is 0 Å². The molecule has 0 spiro atoms. The SMILES string of the molecule is CN(C[C@@](CO)(CCN1CCC(CCCN(Cc2ccc([N+](=O)[O-])cc2)C(=O)[O-])CC1)c1ccccc1)S(=O)(=O)c1ccccc1. The Morgan fingerprint density at radius 1 is 1.00 bits per heavy atom. The Kier molecular flexibility index (Phi) is 12.3. The second kappa shape index (κ2) is 16.1. The van der Waals surface area contributed by atoms with Gasteiger partial charge in [0.05, 0.1) is 16.4 Å². The number of rotatable bonds is 16. The van der Waals surface area contributed by atoms with Crippen molar-refractivity contribution in [2.45, 2.75) is 49.0 Å². The van der Waals surface area contributed by atoms with Gasteiger partial charge in [-0.15, -0.1) is 0 Å². The Bertz CT molecular complexity index is 1520. The number of carbonyl (C=O) groups is 1. The summed E-state index contributed by atoms with van der Waals surface area (Å²) in [5.41, 5.74) is 0.739. The molecule has 12 heteroatoms. The number of aliphatic hydroxyl groups is 1. The fourth-order valence-corrected chi connectivity index (χ4v) is 7.51. The molecule has 0 aromatic heterocycles. The Labute approximate surface area is 271 Å². The van der Waals surface area contributed by atoms with Crippen LogP contribution in [0.25, 0.3) is 0 Å². The Morgan fingerprint density at radius 3 is 2.17 bits per heavy atom. The average molecular weight is 652 g/mol. The van der Waals surface area contributed by atoms with Gasteiger partial charge in [-0.3, -0.25) is 10.1 Å². The lowest BCUT2D eigenvalue weighted by Crippen LogP contribution is -2.47. The standard InChI is InChI=1S/C34H44N4O7S/c1-35(46(44,45)32-12-6-3-7-13-32)26-34(27-39,30-10-4-2-5-11-30)20-24-36-22-18-28(19-23-36)9-8-21-37(33(40)41)25-29-14-16-31(17-15-29)38(42)43/h2-7,10-17,28,39H,8-9,18-27H2,1H3,(H,40,41)/p-1/t34-/m1/s1. The zero-order valence-electron chi connectivity index (χ0n) is 26.2. The third-order valence-electron chi connectivity index (χ3n) is 9.10. The Hall–Kier alpha value is -3.84. The number of likely N-dealkylation sites (N-methyl/N-ethyl adjacent to an activating group) is 1. The zero-order chi connectivity index (χ0) is 33.2. The lowest BCUT2D eigenvalue weighted by Gasteiger charge is -2.39. The van der Waals surface area contributed by atoms with Crippen molar-refractivity contribution in [3.8, 4) is 0 Å². The summed E-state index contributed by atoms with van der Waals surface area (Å²) in [6, 6.07) is 23.8. The second-order valence-electron chi connectivity index (χ2n) is 12.2. The van der Waals surface area contributed by atoms with Crippen LogP contribution >= 0.6 is 0 Å². The van der Waals surface area contributed by atoms with E-state index in [9.17, 15) is 33.5 Å². The van der Waals surface area contributed by atoms with E-state index < -0.39 is 26.5 Å². The van der Waals surface area contributed by atoms with Crippen molar-refractivity contribution in [2.75, 3.05) is 46.4 Å². The second-order valence-corrected chi connectivity index (χ2v) is 14.2. The van der Waals surface area contributed by atoms with E-state index in [-0.39, 0.29) is 30.3 Å². The minimum Gasteiger partial charge on any atom is -0.530 e. The molecule has 248 valence electrons. The Morgan fingerprint density at radius 2 is 1.61 bits per heavy atom. The molecule has 1 aliphatic heterocycles. The molecule has 1 heterocycles. The summed E-state index contributed by atoms with van der Waals surface area (Å²) in [6.45, 7) is 2.82. The molecule has 0 aliphatic carbocycles. The summed E-state index contributed by atoms with van der Waals surface area (Å²) >= 11 is 0. The first-order chi connectivity index (χ1) is 22.0. The summed E-state index contributed by atoms with van der Waals surface area (Å²) in [5, 5.41) is 33.4. The van der Waals surface area contributed by atoms with Crippen LogP contribution in [0.1, 0.15) is 43.2 Å². The largest absolute Gasteiger partial charge is 0.530 e. The number of nitrogens with zero attached hydrogens (tertiary/aromatic N) is 4. The summed E-state index contributed by atoms with van der Waals surface area (Å²) in [6.07, 6.45) is 2.82. The van der Waals surface area contributed by atoms with Crippen molar-refractivity contribution in [3.63, 3.8) is 0 Å². The zero-order valence-corrected chi connectivity index (χ0v) is 27.1. The highest BCUT2D eigenvalue weighted by molar-refractivity contribution is 7.89. The highest BCUT2D eigenvalue weighted by Gasteiger charge is 2.37. The molecule has 1 atom stereocenters. The van der Waals surface area contributed by atoms with Crippen LogP contribution in [0.5, 0.6) is 0 Å². The number of hydrogen-bond acceptors (Lipinski definition) is 8. The van der Waals surface area contributed by atoms with Crippen molar-refractivity contribution in [2.24, 2.45) is 5.92 Å². The lowest BCUT2D eigenvalue weighted by molar-refractivity contribution is -0.384. The van der Waals surface area contributed by atoms with Gasteiger partial charge in [-0.05, 0) is 80.9 Å². The van der Waals surface area contributed by atoms with Gasteiger partial charge in [-0.1, -0.05) is 60.7 Å². The van der Waals surface area contributed by atoms with Crippen LogP contribution in [0.15, 0.2) is 89.8 Å². The van der Waals surface area contributed by atoms with E-state index >= 15 is 0 Å². The summed E-state index contributed by atoms with van der Waals surface area (Å²) in [4.78, 5) is 25.9.